The molecule has 0 saturated heterocycles. The standard InChI is InChI=1S/C17H21N3O4/c1-4-24-13-9-17(15(22)23,16(13,2)3)19-14(21)11-10-18-20-8-6-5-7-12(11)20/h5-8,10,13H,4,9H2,1-3H3,(H,19,21)(H,22,23)/t13-,17+/m0/s1. The third-order valence-electron chi connectivity index (χ3n) is 5.13. The Morgan fingerprint density at radius 3 is 2.83 bits per heavy atom. The lowest BCUT2D eigenvalue weighted by Crippen LogP contribution is -2.76. The second kappa shape index (κ2) is 5.59. The van der Waals surface area contributed by atoms with Gasteiger partial charge in [-0.1, -0.05) is 19.9 Å². The number of amides is 1. The number of fused-ring (bicyclic) bond motifs is 1. The first kappa shape index (κ1) is 16.4. The van der Waals surface area contributed by atoms with E-state index in [1.807, 2.05) is 13.0 Å². The number of aromatic nitrogens is 2. The summed E-state index contributed by atoms with van der Waals surface area (Å²) in [6, 6.07) is 5.38. The predicted molar refractivity (Wildman–Crippen MR) is 86.8 cm³/mol. The van der Waals surface area contributed by atoms with Crippen LogP contribution in [0.2, 0.25) is 0 Å². The number of carbonyl (C=O) groups excluding carboxylic acids is 1. The molecular formula is C17H21N3O4. The first-order valence-corrected chi connectivity index (χ1v) is 7.93. The molecule has 1 aliphatic rings. The SMILES string of the molecule is CCO[C@H]1C[C@@](NC(=O)c2cnn3ccccc23)(C(=O)O)C1(C)C. The van der Waals surface area contributed by atoms with E-state index in [4.69, 9.17) is 4.74 Å². The third-order valence-corrected chi connectivity index (χ3v) is 5.13. The van der Waals surface area contributed by atoms with Crippen LogP contribution >= 0.6 is 0 Å². The average Bonchev–Trinajstić information content (AvgIpc) is 2.97. The molecule has 0 spiro atoms. The van der Waals surface area contributed by atoms with Gasteiger partial charge in [0.2, 0.25) is 0 Å². The first-order valence-electron chi connectivity index (χ1n) is 7.93. The highest BCUT2D eigenvalue weighted by Crippen LogP contribution is 2.51. The normalized spacial score (nSPS) is 25.2. The topological polar surface area (TPSA) is 92.9 Å². The molecule has 2 N–H and O–H groups in total. The molecule has 2 aromatic heterocycles. The van der Waals surface area contributed by atoms with Crippen LogP contribution in [0, 0.1) is 5.41 Å². The number of pyridine rings is 1. The molecule has 0 aromatic carbocycles. The molecule has 2 heterocycles. The number of ether oxygens (including phenoxy) is 1. The number of aliphatic carboxylic acids is 1. The summed E-state index contributed by atoms with van der Waals surface area (Å²) in [4.78, 5) is 24.7. The number of nitrogens with one attached hydrogen (secondary N) is 1. The van der Waals surface area contributed by atoms with E-state index < -0.39 is 22.8 Å². The molecular weight excluding hydrogens is 310 g/mol. The molecule has 1 aliphatic carbocycles. The van der Waals surface area contributed by atoms with Crippen molar-refractivity contribution in [2.45, 2.75) is 38.8 Å². The molecule has 0 bridgehead atoms. The molecule has 2 atom stereocenters. The van der Waals surface area contributed by atoms with E-state index in [2.05, 4.69) is 10.4 Å². The zero-order valence-corrected chi connectivity index (χ0v) is 13.9. The molecule has 0 radical (unpaired) electrons. The van der Waals surface area contributed by atoms with E-state index in [9.17, 15) is 14.7 Å². The Hall–Kier alpha value is -2.41. The fraction of sp³-hybridized carbons (Fsp3) is 0.471. The Kier molecular flexibility index (Phi) is 3.83. The van der Waals surface area contributed by atoms with Crippen molar-refractivity contribution in [2.75, 3.05) is 6.61 Å². The average molecular weight is 331 g/mol. The minimum Gasteiger partial charge on any atom is -0.479 e. The summed E-state index contributed by atoms with van der Waals surface area (Å²) < 4.78 is 7.19. The van der Waals surface area contributed by atoms with Crippen molar-refractivity contribution >= 4 is 17.4 Å². The molecule has 128 valence electrons. The highest BCUT2D eigenvalue weighted by Gasteiger charge is 2.66. The van der Waals surface area contributed by atoms with Crippen LogP contribution in [0.5, 0.6) is 0 Å². The maximum Gasteiger partial charge on any atom is 0.330 e. The molecule has 0 unspecified atom stereocenters. The van der Waals surface area contributed by atoms with Crippen LogP contribution in [0.15, 0.2) is 30.6 Å². The lowest BCUT2D eigenvalue weighted by molar-refractivity contribution is -0.190. The quantitative estimate of drug-likeness (QED) is 0.870. The number of hydrogen-bond acceptors (Lipinski definition) is 4. The second-order valence-corrected chi connectivity index (χ2v) is 6.62. The fourth-order valence-corrected chi connectivity index (χ4v) is 3.41. The van der Waals surface area contributed by atoms with Crippen LogP contribution in [0.4, 0.5) is 0 Å². The zero-order chi connectivity index (χ0) is 17.5. The number of carboxylic acids is 1. The molecule has 24 heavy (non-hydrogen) atoms. The summed E-state index contributed by atoms with van der Waals surface area (Å²) in [5.74, 6) is -1.49. The molecule has 7 heteroatoms. The van der Waals surface area contributed by atoms with Gasteiger partial charge in [-0.25, -0.2) is 9.31 Å². The van der Waals surface area contributed by atoms with Gasteiger partial charge in [0.25, 0.3) is 5.91 Å². The zero-order valence-electron chi connectivity index (χ0n) is 13.9. The van der Waals surface area contributed by atoms with E-state index in [1.165, 1.54) is 6.20 Å². The van der Waals surface area contributed by atoms with Gasteiger partial charge in [-0.2, -0.15) is 5.10 Å². The van der Waals surface area contributed by atoms with Crippen molar-refractivity contribution in [2.24, 2.45) is 5.41 Å². The van der Waals surface area contributed by atoms with Gasteiger partial charge in [-0.05, 0) is 19.1 Å². The van der Waals surface area contributed by atoms with Crippen LogP contribution < -0.4 is 5.32 Å². The summed E-state index contributed by atoms with van der Waals surface area (Å²) >= 11 is 0. The second-order valence-electron chi connectivity index (χ2n) is 6.62. The Bertz CT molecular complexity index is 798. The van der Waals surface area contributed by atoms with Gasteiger partial charge in [0.1, 0.15) is 5.54 Å². The third kappa shape index (κ3) is 2.19. The van der Waals surface area contributed by atoms with Crippen LogP contribution in [0.1, 0.15) is 37.6 Å². The summed E-state index contributed by atoms with van der Waals surface area (Å²) in [5, 5.41) is 16.6. The first-order chi connectivity index (χ1) is 11.3. The number of hydrogen-bond donors (Lipinski definition) is 2. The monoisotopic (exact) mass is 331 g/mol. The number of nitrogens with zero attached hydrogens (tertiary/aromatic N) is 2. The van der Waals surface area contributed by atoms with E-state index >= 15 is 0 Å². The smallest absolute Gasteiger partial charge is 0.330 e. The molecule has 2 aromatic rings. The Morgan fingerprint density at radius 2 is 2.21 bits per heavy atom. The number of rotatable bonds is 5. The fourth-order valence-electron chi connectivity index (χ4n) is 3.41. The minimum absolute atomic E-state index is 0.206. The maximum absolute atomic E-state index is 12.7. The van der Waals surface area contributed by atoms with Crippen LogP contribution in [-0.4, -0.2) is 44.8 Å². The van der Waals surface area contributed by atoms with E-state index in [0.717, 1.165) is 0 Å². The van der Waals surface area contributed by atoms with Crippen molar-refractivity contribution in [1.29, 1.82) is 0 Å². The van der Waals surface area contributed by atoms with Gasteiger partial charge in [0.15, 0.2) is 0 Å². The molecule has 0 aliphatic heterocycles. The van der Waals surface area contributed by atoms with Crippen molar-refractivity contribution < 1.29 is 19.4 Å². The van der Waals surface area contributed by atoms with Gasteiger partial charge >= 0.3 is 5.97 Å². The Labute approximate surface area is 139 Å². The lowest BCUT2D eigenvalue weighted by Gasteiger charge is -2.58. The maximum atomic E-state index is 12.7. The van der Waals surface area contributed by atoms with Crippen LogP contribution in [0.3, 0.4) is 0 Å². The van der Waals surface area contributed by atoms with E-state index in [1.54, 1.807) is 36.7 Å². The minimum atomic E-state index is -1.35. The number of carboxylic acid groups (broad SMARTS) is 1. The Balaban J connectivity index is 1.90. The van der Waals surface area contributed by atoms with Crippen LogP contribution in [-0.2, 0) is 9.53 Å². The van der Waals surface area contributed by atoms with Crippen molar-refractivity contribution in [1.82, 2.24) is 14.9 Å². The molecule has 1 fully saturated rings. The lowest BCUT2D eigenvalue weighted by atomic mass is 9.54. The van der Waals surface area contributed by atoms with E-state index in [0.29, 0.717) is 17.7 Å². The molecule has 1 amide bonds. The summed E-state index contributed by atoms with van der Waals surface area (Å²) in [6.07, 6.45) is 3.22. The molecule has 7 nitrogen and oxygen atoms in total. The van der Waals surface area contributed by atoms with Crippen LogP contribution in [0.25, 0.3) is 5.52 Å². The Morgan fingerprint density at radius 1 is 1.46 bits per heavy atom. The predicted octanol–water partition coefficient (Wildman–Crippen LogP) is 1.72. The summed E-state index contributed by atoms with van der Waals surface area (Å²) in [7, 11) is 0. The van der Waals surface area contributed by atoms with Gasteiger partial charge < -0.3 is 15.2 Å². The number of carbonyl (C=O) groups is 2. The van der Waals surface area contributed by atoms with Gasteiger partial charge in [0, 0.05) is 24.6 Å². The van der Waals surface area contributed by atoms with Gasteiger partial charge in [-0.3, -0.25) is 4.79 Å². The summed E-state index contributed by atoms with van der Waals surface area (Å²) in [6.45, 7) is 5.99. The highest BCUT2D eigenvalue weighted by molar-refractivity contribution is 6.03. The molecule has 1 saturated carbocycles. The largest absolute Gasteiger partial charge is 0.479 e. The van der Waals surface area contributed by atoms with Crippen molar-refractivity contribution in [3.63, 3.8) is 0 Å². The summed E-state index contributed by atoms with van der Waals surface area (Å²) in [5.41, 5.74) is -1.08. The van der Waals surface area contributed by atoms with E-state index in [-0.39, 0.29) is 12.5 Å². The van der Waals surface area contributed by atoms with Gasteiger partial charge in [0.05, 0.1) is 23.4 Å². The highest BCUT2D eigenvalue weighted by atomic mass is 16.5. The van der Waals surface area contributed by atoms with Gasteiger partial charge in [-0.15, -0.1) is 0 Å². The van der Waals surface area contributed by atoms with Crippen molar-refractivity contribution in [3.8, 4) is 0 Å². The molecule has 3 rings (SSSR count). The van der Waals surface area contributed by atoms with Crippen molar-refractivity contribution in [3.05, 3.63) is 36.2 Å².